The molecule has 0 spiro atoms. The van der Waals surface area contributed by atoms with Gasteiger partial charge in [0.15, 0.2) is 0 Å². The average molecular weight is 305 g/mol. The normalized spacial score (nSPS) is 11.5. The summed E-state index contributed by atoms with van der Waals surface area (Å²) in [6.45, 7) is 2.29. The molecule has 0 amide bonds. The molecule has 2 nitrogen and oxygen atoms in total. The molecule has 0 saturated heterocycles. The topological polar surface area (TPSA) is 17.8 Å². The predicted octanol–water partition coefficient (Wildman–Crippen LogP) is 6.84. The number of rotatable bonds is 15. The van der Waals surface area contributed by atoms with Crippen molar-refractivity contribution in [2.24, 2.45) is 0 Å². The van der Waals surface area contributed by atoms with E-state index < -0.39 is 0 Å². The molecule has 0 atom stereocenters. The van der Waals surface area contributed by atoms with E-state index in [1.54, 1.807) is 0 Å². The van der Waals surface area contributed by atoms with Crippen LogP contribution in [0.1, 0.15) is 96.8 Å². The van der Waals surface area contributed by atoms with E-state index in [1.165, 1.54) is 89.9 Å². The summed E-state index contributed by atoms with van der Waals surface area (Å²) in [4.78, 5) is 4.02. The summed E-state index contributed by atoms with van der Waals surface area (Å²) < 4.78 is 2.00. The zero-order chi connectivity index (χ0) is 15.7. The van der Waals surface area contributed by atoms with Gasteiger partial charge in [-0.3, -0.25) is 0 Å². The second-order valence-electron chi connectivity index (χ2n) is 6.43. The van der Waals surface area contributed by atoms with E-state index in [4.69, 9.17) is 0 Å². The predicted molar refractivity (Wildman–Crippen MR) is 97.9 cm³/mol. The van der Waals surface area contributed by atoms with Gasteiger partial charge in [-0.1, -0.05) is 90.0 Å². The number of hydrogen-bond acceptors (Lipinski definition) is 1. The molecule has 0 unspecified atom stereocenters. The van der Waals surface area contributed by atoms with Crippen molar-refractivity contribution in [2.45, 2.75) is 96.8 Å². The SMILES string of the molecule is CCCCCCCCCCCCCCCC=Cn1ccnc1. The van der Waals surface area contributed by atoms with Gasteiger partial charge in [-0.05, 0) is 12.8 Å². The molecule has 0 radical (unpaired) electrons. The van der Waals surface area contributed by atoms with Crippen molar-refractivity contribution in [3.8, 4) is 0 Å². The lowest BCUT2D eigenvalue weighted by Crippen LogP contribution is -1.83. The standard InChI is InChI=1S/C20H36N2/c1-2-3-4-5-6-7-8-9-10-11-12-13-14-15-16-18-22-19-17-21-20-22/h16-20H,2-15H2,1H3. The molecule has 0 aliphatic carbocycles. The Morgan fingerprint density at radius 2 is 1.32 bits per heavy atom. The minimum atomic E-state index is 1.19. The van der Waals surface area contributed by atoms with Gasteiger partial charge in [0.2, 0.25) is 0 Å². The van der Waals surface area contributed by atoms with E-state index in [-0.39, 0.29) is 0 Å². The van der Waals surface area contributed by atoms with Crippen molar-refractivity contribution in [1.29, 1.82) is 0 Å². The second-order valence-corrected chi connectivity index (χ2v) is 6.43. The van der Waals surface area contributed by atoms with Crippen LogP contribution in [0.25, 0.3) is 6.20 Å². The molecule has 1 aromatic rings. The third kappa shape index (κ3) is 11.6. The maximum absolute atomic E-state index is 4.02. The fourth-order valence-corrected chi connectivity index (χ4v) is 2.83. The summed E-state index contributed by atoms with van der Waals surface area (Å²) in [6.07, 6.45) is 29.7. The van der Waals surface area contributed by atoms with Gasteiger partial charge in [-0.15, -0.1) is 0 Å². The number of unbranched alkanes of at least 4 members (excludes halogenated alkanes) is 13. The minimum Gasteiger partial charge on any atom is -0.313 e. The number of imidazole rings is 1. The molecule has 126 valence electrons. The van der Waals surface area contributed by atoms with Gasteiger partial charge in [0.1, 0.15) is 0 Å². The van der Waals surface area contributed by atoms with Crippen LogP contribution >= 0.6 is 0 Å². The first-order valence-electron chi connectivity index (χ1n) is 9.57. The molecule has 22 heavy (non-hydrogen) atoms. The van der Waals surface area contributed by atoms with Crippen LogP contribution in [0.2, 0.25) is 0 Å². The monoisotopic (exact) mass is 304 g/mol. The van der Waals surface area contributed by atoms with E-state index in [0.29, 0.717) is 0 Å². The highest BCUT2D eigenvalue weighted by Gasteiger charge is 1.93. The molecule has 1 rings (SSSR count). The van der Waals surface area contributed by atoms with Crippen LogP contribution < -0.4 is 0 Å². The minimum absolute atomic E-state index is 1.19. The summed E-state index contributed by atoms with van der Waals surface area (Å²) in [7, 11) is 0. The smallest absolute Gasteiger partial charge is 0.0986 e. The molecule has 0 fully saturated rings. The fourth-order valence-electron chi connectivity index (χ4n) is 2.83. The maximum Gasteiger partial charge on any atom is 0.0986 e. The Morgan fingerprint density at radius 1 is 0.773 bits per heavy atom. The van der Waals surface area contributed by atoms with Crippen LogP contribution in [0.3, 0.4) is 0 Å². The lowest BCUT2D eigenvalue weighted by Gasteiger charge is -2.02. The number of allylic oxidation sites excluding steroid dienone is 1. The Balaban J connectivity index is 1.73. The summed E-state index contributed by atoms with van der Waals surface area (Å²) in [5, 5.41) is 0. The summed E-state index contributed by atoms with van der Waals surface area (Å²) in [5.41, 5.74) is 0. The Labute approximate surface area is 138 Å². The molecule has 1 heterocycles. The number of hydrogen-bond donors (Lipinski definition) is 0. The van der Waals surface area contributed by atoms with Gasteiger partial charge in [0.25, 0.3) is 0 Å². The highest BCUT2D eigenvalue weighted by atomic mass is 15.0. The van der Waals surface area contributed by atoms with Gasteiger partial charge in [0, 0.05) is 18.6 Å². The van der Waals surface area contributed by atoms with Gasteiger partial charge in [-0.2, -0.15) is 0 Å². The van der Waals surface area contributed by atoms with E-state index in [2.05, 4.69) is 24.2 Å². The highest BCUT2D eigenvalue weighted by molar-refractivity contribution is 5.20. The van der Waals surface area contributed by atoms with Crippen LogP contribution in [-0.2, 0) is 0 Å². The number of nitrogens with zero attached hydrogens (tertiary/aromatic N) is 2. The molecule has 2 heteroatoms. The third-order valence-electron chi connectivity index (χ3n) is 4.28. The maximum atomic E-state index is 4.02. The Hall–Kier alpha value is -1.05. The molecule has 1 aromatic heterocycles. The van der Waals surface area contributed by atoms with Crippen molar-refractivity contribution in [2.75, 3.05) is 0 Å². The fraction of sp³-hybridized carbons (Fsp3) is 0.750. The first-order chi connectivity index (χ1) is 10.9. The zero-order valence-corrected chi connectivity index (χ0v) is 14.7. The highest BCUT2D eigenvalue weighted by Crippen LogP contribution is 2.13. The average Bonchev–Trinajstić information content (AvgIpc) is 3.04. The molecule has 0 aliphatic rings. The molecule has 0 aliphatic heterocycles. The molecule has 0 aromatic carbocycles. The summed E-state index contributed by atoms with van der Waals surface area (Å²) >= 11 is 0. The van der Waals surface area contributed by atoms with Gasteiger partial charge in [0.05, 0.1) is 6.33 Å². The van der Waals surface area contributed by atoms with Crippen LogP contribution in [-0.4, -0.2) is 9.55 Å². The van der Waals surface area contributed by atoms with Gasteiger partial charge in [-0.25, -0.2) is 4.98 Å². The van der Waals surface area contributed by atoms with Gasteiger partial charge >= 0.3 is 0 Å². The lowest BCUT2D eigenvalue weighted by atomic mass is 10.0. The van der Waals surface area contributed by atoms with E-state index >= 15 is 0 Å². The summed E-state index contributed by atoms with van der Waals surface area (Å²) in [5.74, 6) is 0. The molecule has 0 saturated carbocycles. The van der Waals surface area contributed by atoms with Crippen molar-refractivity contribution < 1.29 is 0 Å². The Bertz CT molecular complexity index is 341. The first-order valence-corrected chi connectivity index (χ1v) is 9.57. The Kier molecular flexibility index (Phi) is 12.8. The summed E-state index contributed by atoms with van der Waals surface area (Å²) in [6, 6.07) is 0. The van der Waals surface area contributed by atoms with Crippen molar-refractivity contribution in [3.63, 3.8) is 0 Å². The van der Waals surface area contributed by atoms with Crippen molar-refractivity contribution in [1.82, 2.24) is 9.55 Å². The molecular weight excluding hydrogens is 268 g/mol. The Morgan fingerprint density at radius 3 is 1.82 bits per heavy atom. The van der Waals surface area contributed by atoms with E-state index in [0.717, 1.165) is 0 Å². The second kappa shape index (κ2) is 14.9. The van der Waals surface area contributed by atoms with Crippen LogP contribution in [0.5, 0.6) is 0 Å². The molecular formula is C20H36N2. The number of aromatic nitrogens is 2. The lowest BCUT2D eigenvalue weighted by molar-refractivity contribution is 0.540. The van der Waals surface area contributed by atoms with E-state index in [9.17, 15) is 0 Å². The van der Waals surface area contributed by atoms with Crippen molar-refractivity contribution in [3.05, 3.63) is 24.8 Å². The molecule has 0 bridgehead atoms. The first kappa shape index (κ1) is 19.0. The molecule has 0 N–H and O–H groups in total. The largest absolute Gasteiger partial charge is 0.313 e. The quantitative estimate of drug-likeness (QED) is 0.324. The van der Waals surface area contributed by atoms with Crippen LogP contribution in [0, 0.1) is 0 Å². The van der Waals surface area contributed by atoms with Gasteiger partial charge < -0.3 is 4.57 Å². The van der Waals surface area contributed by atoms with E-state index in [1.807, 2.05) is 23.3 Å². The zero-order valence-electron chi connectivity index (χ0n) is 14.7. The van der Waals surface area contributed by atoms with Crippen molar-refractivity contribution >= 4 is 6.20 Å². The third-order valence-corrected chi connectivity index (χ3v) is 4.28. The van der Waals surface area contributed by atoms with Crippen LogP contribution in [0.4, 0.5) is 0 Å². The van der Waals surface area contributed by atoms with Crippen LogP contribution in [0.15, 0.2) is 24.8 Å².